The number of hydrogen-bond acceptors (Lipinski definition) is 2. The van der Waals surface area contributed by atoms with Gasteiger partial charge in [-0.2, -0.15) is 0 Å². The fourth-order valence-corrected chi connectivity index (χ4v) is 2.76. The van der Waals surface area contributed by atoms with Crippen LogP contribution in [0, 0.1) is 12.8 Å². The highest BCUT2D eigenvalue weighted by Gasteiger charge is 2.26. The molecule has 98 valence electrons. The molecule has 0 spiro atoms. The second-order valence-electron chi connectivity index (χ2n) is 4.93. The van der Waals surface area contributed by atoms with Crippen LogP contribution in [0.15, 0.2) is 22.7 Å². The normalized spacial score (nSPS) is 19.3. The Morgan fingerprint density at radius 3 is 3.00 bits per heavy atom. The van der Waals surface area contributed by atoms with Gasteiger partial charge in [0.1, 0.15) is 0 Å². The van der Waals surface area contributed by atoms with Gasteiger partial charge in [-0.1, -0.05) is 22.0 Å². The van der Waals surface area contributed by atoms with Gasteiger partial charge < -0.3 is 10.2 Å². The number of likely N-dealkylation sites (tertiary alicyclic amines) is 1. The molecule has 1 atom stereocenters. The Hall–Kier alpha value is -0.870. The SMILES string of the molecule is CNCC1CCN(C(=O)c2ccc(C)c(Br)c2)C1. The first-order valence-electron chi connectivity index (χ1n) is 6.32. The summed E-state index contributed by atoms with van der Waals surface area (Å²) >= 11 is 3.48. The smallest absolute Gasteiger partial charge is 0.253 e. The Labute approximate surface area is 117 Å². The summed E-state index contributed by atoms with van der Waals surface area (Å²) in [7, 11) is 1.96. The number of hydrogen-bond donors (Lipinski definition) is 1. The summed E-state index contributed by atoms with van der Waals surface area (Å²) < 4.78 is 0.999. The molecule has 4 heteroatoms. The van der Waals surface area contributed by atoms with Crippen molar-refractivity contribution in [3.8, 4) is 0 Å². The summed E-state index contributed by atoms with van der Waals surface area (Å²) in [6.45, 7) is 4.75. The van der Waals surface area contributed by atoms with Crippen LogP contribution in [0.5, 0.6) is 0 Å². The van der Waals surface area contributed by atoms with Gasteiger partial charge >= 0.3 is 0 Å². The van der Waals surface area contributed by atoms with Crippen LogP contribution in [0.4, 0.5) is 0 Å². The predicted octanol–water partition coefficient (Wildman–Crippen LogP) is 2.44. The average molecular weight is 311 g/mol. The van der Waals surface area contributed by atoms with E-state index in [-0.39, 0.29) is 5.91 Å². The molecule has 1 aliphatic rings. The van der Waals surface area contributed by atoms with Crippen LogP contribution in [0.3, 0.4) is 0 Å². The summed E-state index contributed by atoms with van der Waals surface area (Å²) in [6, 6.07) is 5.81. The molecule has 18 heavy (non-hydrogen) atoms. The lowest BCUT2D eigenvalue weighted by atomic mass is 10.1. The molecule has 0 saturated carbocycles. The topological polar surface area (TPSA) is 32.3 Å². The molecule has 1 aromatic carbocycles. The third-order valence-electron chi connectivity index (χ3n) is 3.48. The van der Waals surface area contributed by atoms with Crippen LogP contribution in [-0.4, -0.2) is 37.5 Å². The molecule has 1 saturated heterocycles. The maximum Gasteiger partial charge on any atom is 0.253 e. The van der Waals surface area contributed by atoms with Crippen molar-refractivity contribution in [2.45, 2.75) is 13.3 Å². The van der Waals surface area contributed by atoms with Crippen LogP contribution in [-0.2, 0) is 0 Å². The van der Waals surface area contributed by atoms with Crippen LogP contribution >= 0.6 is 15.9 Å². The fourth-order valence-electron chi connectivity index (χ4n) is 2.38. The molecule has 0 bridgehead atoms. The molecule has 1 fully saturated rings. The minimum absolute atomic E-state index is 0.148. The van der Waals surface area contributed by atoms with Gasteiger partial charge in [-0.05, 0) is 50.6 Å². The largest absolute Gasteiger partial charge is 0.338 e. The number of carbonyl (C=O) groups is 1. The molecule has 1 amide bonds. The molecule has 1 aliphatic heterocycles. The van der Waals surface area contributed by atoms with Crippen molar-refractivity contribution in [1.29, 1.82) is 0 Å². The van der Waals surface area contributed by atoms with E-state index in [9.17, 15) is 4.79 Å². The lowest BCUT2D eigenvalue weighted by Crippen LogP contribution is -2.30. The first-order chi connectivity index (χ1) is 8.61. The highest BCUT2D eigenvalue weighted by molar-refractivity contribution is 9.10. The molecule has 1 N–H and O–H groups in total. The van der Waals surface area contributed by atoms with E-state index < -0.39 is 0 Å². The standard InChI is InChI=1S/C14H19BrN2O/c1-10-3-4-12(7-13(10)15)14(18)17-6-5-11(9-17)8-16-2/h3-4,7,11,16H,5-6,8-9H2,1-2H3. The van der Waals surface area contributed by atoms with Gasteiger partial charge in [-0.15, -0.1) is 0 Å². The predicted molar refractivity (Wildman–Crippen MR) is 76.8 cm³/mol. The first kappa shape index (κ1) is 13.6. The zero-order valence-electron chi connectivity index (χ0n) is 10.9. The van der Waals surface area contributed by atoms with Gasteiger partial charge in [0.2, 0.25) is 0 Å². The Kier molecular flexibility index (Phi) is 4.40. The summed E-state index contributed by atoms with van der Waals surface area (Å²) in [5, 5.41) is 3.18. The van der Waals surface area contributed by atoms with Crippen molar-refractivity contribution in [2.24, 2.45) is 5.92 Å². The maximum absolute atomic E-state index is 12.3. The van der Waals surface area contributed by atoms with E-state index in [1.807, 2.05) is 37.1 Å². The number of benzene rings is 1. The van der Waals surface area contributed by atoms with E-state index in [2.05, 4.69) is 21.2 Å². The summed E-state index contributed by atoms with van der Waals surface area (Å²) in [6.07, 6.45) is 1.10. The molecule has 2 rings (SSSR count). The van der Waals surface area contributed by atoms with Crippen molar-refractivity contribution in [2.75, 3.05) is 26.7 Å². The van der Waals surface area contributed by atoms with Crippen LogP contribution in [0.1, 0.15) is 22.3 Å². The van der Waals surface area contributed by atoms with Crippen molar-refractivity contribution in [1.82, 2.24) is 10.2 Å². The Bertz CT molecular complexity index is 447. The Morgan fingerprint density at radius 2 is 2.33 bits per heavy atom. The number of rotatable bonds is 3. The van der Waals surface area contributed by atoms with E-state index in [1.54, 1.807) is 0 Å². The zero-order chi connectivity index (χ0) is 13.1. The number of aryl methyl sites for hydroxylation is 1. The zero-order valence-corrected chi connectivity index (χ0v) is 12.5. The number of nitrogens with one attached hydrogen (secondary N) is 1. The van der Waals surface area contributed by atoms with Gasteiger partial charge in [-0.25, -0.2) is 0 Å². The minimum atomic E-state index is 0.148. The molecule has 1 heterocycles. The lowest BCUT2D eigenvalue weighted by Gasteiger charge is -2.17. The maximum atomic E-state index is 12.3. The number of carbonyl (C=O) groups excluding carboxylic acids is 1. The number of nitrogens with zero attached hydrogens (tertiary/aromatic N) is 1. The second-order valence-corrected chi connectivity index (χ2v) is 5.78. The van der Waals surface area contributed by atoms with Gasteiger partial charge in [0.05, 0.1) is 0 Å². The second kappa shape index (κ2) is 5.85. The van der Waals surface area contributed by atoms with Crippen LogP contribution < -0.4 is 5.32 Å². The van der Waals surface area contributed by atoms with Gasteiger partial charge in [0.15, 0.2) is 0 Å². The lowest BCUT2D eigenvalue weighted by molar-refractivity contribution is 0.0787. The van der Waals surface area contributed by atoms with Crippen LogP contribution in [0.25, 0.3) is 0 Å². The Balaban J connectivity index is 2.05. The molecule has 1 aromatic rings. The monoisotopic (exact) mass is 310 g/mol. The van der Waals surface area contributed by atoms with Crippen molar-refractivity contribution >= 4 is 21.8 Å². The molecule has 0 aromatic heterocycles. The molecule has 0 aliphatic carbocycles. The quantitative estimate of drug-likeness (QED) is 0.930. The first-order valence-corrected chi connectivity index (χ1v) is 7.11. The average Bonchev–Trinajstić information content (AvgIpc) is 2.81. The molecule has 1 unspecified atom stereocenters. The molecule has 0 radical (unpaired) electrons. The third kappa shape index (κ3) is 2.93. The van der Waals surface area contributed by atoms with E-state index in [1.165, 1.54) is 0 Å². The van der Waals surface area contributed by atoms with Crippen molar-refractivity contribution in [3.63, 3.8) is 0 Å². The molecular weight excluding hydrogens is 292 g/mol. The van der Waals surface area contributed by atoms with Crippen molar-refractivity contribution < 1.29 is 4.79 Å². The number of amides is 1. The van der Waals surface area contributed by atoms with Crippen LogP contribution in [0.2, 0.25) is 0 Å². The minimum Gasteiger partial charge on any atom is -0.338 e. The number of halogens is 1. The van der Waals surface area contributed by atoms with E-state index in [0.29, 0.717) is 5.92 Å². The van der Waals surface area contributed by atoms with Crippen molar-refractivity contribution in [3.05, 3.63) is 33.8 Å². The highest BCUT2D eigenvalue weighted by Crippen LogP contribution is 2.22. The summed E-state index contributed by atoms with van der Waals surface area (Å²) in [4.78, 5) is 14.3. The van der Waals surface area contributed by atoms with Gasteiger partial charge in [-0.3, -0.25) is 4.79 Å². The highest BCUT2D eigenvalue weighted by atomic mass is 79.9. The third-order valence-corrected chi connectivity index (χ3v) is 4.34. The van der Waals surface area contributed by atoms with E-state index in [0.717, 1.165) is 41.7 Å². The molecular formula is C14H19BrN2O. The van der Waals surface area contributed by atoms with E-state index >= 15 is 0 Å². The summed E-state index contributed by atoms with van der Waals surface area (Å²) in [5.41, 5.74) is 1.93. The Morgan fingerprint density at radius 1 is 1.56 bits per heavy atom. The van der Waals surface area contributed by atoms with Gasteiger partial charge in [0.25, 0.3) is 5.91 Å². The van der Waals surface area contributed by atoms with E-state index in [4.69, 9.17) is 0 Å². The van der Waals surface area contributed by atoms with Gasteiger partial charge in [0, 0.05) is 23.1 Å². The fraction of sp³-hybridized carbons (Fsp3) is 0.500. The molecule has 3 nitrogen and oxygen atoms in total. The summed E-state index contributed by atoms with van der Waals surface area (Å²) in [5.74, 6) is 0.738.